The van der Waals surface area contributed by atoms with E-state index in [9.17, 15) is 4.79 Å². The largest absolute Gasteiger partial charge is 0.355 e. The number of rotatable bonds is 7. The molecule has 0 aliphatic heterocycles. The number of amides is 1. The Kier molecular flexibility index (Phi) is 6.55. The standard InChI is InChI=1S/C12H18N2OS.ClH/c15-12(9-13-8-10-3-4-10)14-6-5-11-2-1-7-16-11;/h1-2,7,10,13H,3-6,8-9H2,(H,14,15);1H. The summed E-state index contributed by atoms with van der Waals surface area (Å²) in [6, 6.07) is 4.14. The molecule has 1 heterocycles. The molecule has 5 heteroatoms. The Morgan fingerprint density at radius 1 is 1.47 bits per heavy atom. The lowest BCUT2D eigenvalue weighted by molar-refractivity contribution is -0.120. The Bertz CT molecular complexity index is 325. The van der Waals surface area contributed by atoms with Crippen molar-refractivity contribution in [3.8, 4) is 0 Å². The van der Waals surface area contributed by atoms with Crippen LogP contribution in [0.2, 0.25) is 0 Å². The number of thiophene rings is 1. The van der Waals surface area contributed by atoms with Crippen LogP contribution >= 0.6 is 23.7 Å². The molecule has 1 fully saturated rings. The number of hydrogen-bond acceptors (Lipinski definition) is 3. The quantitative estimate of drug-likeness (QED) is 0.797. The summed E-state index contributed by atoms with van der Waals surface area (Å²) in [4.78, 5) is 12.7. The van der Waals surface area contributed by atoms with Crippen molar-refractivity contribution in [1.82, 2.24) is 10.6 Å². The molecule has 1 saturated carbocycles. The SMILES string of the molecule is Cl.O=C(CNCC1CC1)NCCc1cccs1. The van der Waals surface area contributed by atoms with Crippen molar-refractivity contribution in [3.63, 3.8) is 0 Å². The highest BCUT2D eigenvalue weighted by atomic mass is 35.5. The molecule has 96 valence electrons. The van der Waals surface area contributed by atoms with Gasteiger partial charge in [0, 0.05) is 11.4 Å². The predicted octanol–water partition coefficient (Wildman–Crippen LogP) is 1.83. The molecule has 2 N–H and O–H groups in total. The maximum absolute atomic E-state index is 11.4. The zero-order valence-electron chi connectivity index (χ0n) is 9.78. The summed E-state index contributed by atoms with van der Waals surface area (Å²) in [5.41, 5.74) is 0. The summed E-state index contributed by atoms with van der Waals surface area (Å²) in [5.74, 6) is 0.941. The molecular weight excluding hydrogens is 256 g/mol. The smallest absolute Gasteiger partial charge is 0.233 e. The van der Waals surface area contributed by atoms with Gasteiger partial charge in [-0.2, -0.15) is 0 Å². The van der Waals surface area contributed by atoms with E-state index in [4.69, 9.17) is 0 Å². The van der Waals surface area contributed by atoms with Gasteiger partial charge in [0.05, 0.1) is 6.54 Å². The lowest BCUT2D eigenvalue weighted by atomic mass is 10.3. The van der Waals surface area contributed by atoms with E-state index < -0.39 is 0 Å². The molecule has 1 aromatic rings. The van der Waals surface area contributed by atoms with Crippen LogP contribution in [0.15, 0.2) is 17.5 Å². The Morgan fingerprint density at radius 2 is 2.29 bits per heavy atom. The average Bonchev–Trinajstić information content (AvgIpc) is 2.94. The van der Waals surface area contributed by atoms with Gasteiger partial charge in [0.25, 0.3) is 0 Å². The van der Waals surface area contributed by atoms with E-state index >= 15 is 0 Å². The third-order valence-electron chi connectivity index (χ3n) is 2.69. The fourth-order valence-corrected chi connectivity index (χ4v) is 2.26. The Morgan fingerprint density at radius 3 is 2.94 bits per heavy atom. The lowest BCUT2D eigenvalue weighted by Crippen LogP contribution is -2.35. The van der Waals surface area contributed by atoms with E-state index in [0.717, 1.165) is 25.4 Å². The average molecular weight is 275 g/mol. The monoisotopic (exact) mass is 274 g/mol. The van der Waals surface area contributed by atoms with Gasteiger partial charge in [-0.15, -0.1) is 23.7 Å². The molecule has 1 amide bonds. The van der Waals surface area contributed by atoms with E-state index in [2.05, 4.69) is 22.1 Å². The number of carbonyl (C=O) groups excluding carboxylic acids is 1. The molecule has 17 heavy (non-hydrogen) atoms. The number of hydrogen-bond donors (Lipinski definition) is 2. The van der Waals surface area contributed by atoms with Gasteiger partial charge in [-0.3, -0.25) is 4.79 Å². The van der Waals surface area contributed by atoms with E-state index in [1.54, 1.807) is 11.3 Å². The molecular formula is C12H19ClN2OS. The second kappa shape index (κ2) is 7.69. The van der Waals surface area contributed by atoms with E-state index in [1.807, 2.05) is 6.07 Å². The van der Waals surface area contributed by atoms with Crippen LogP contribution in [0.1, 0.15) is 17.7 Å². The molecule has 0 bridgehead atoms. The van der Waals surface area contributed by atoms with E-state index in [0.29, 0.717) is 6.54 Å². The topological polar surface area (TPSA) is 41.1 Å². The second-order valence-corrected chi connectivity index (χ2v) is 5.29. The molecule has 0 atom stereocenters. The summed E-state index contributed by atoms with van der Waals surface area (Å²) >= 11 is 1.74. The summed E-state index contributed by atoms with van der Waals surface area (Å²) in [7, 11) is 0. The molecule has 0 saturated heterocycles. The zero-order valence-corrected chi connectivity index (χ0v) is 11.4. The van der Waals surface area contributed by atoms with Crippen LogP contribution < -0.4 is 10.6 Å². The summed E-state index contributed by atoms with van der Waals surface area (Å²) < 4.78 is 0. The minimum absolute atomic E-state index is 0. The molecule has 0 unspecified atom stereocenters. The summed E-state index contributed by atoms with van der Waals surface area (Å²) in [6.07, 6.45) is 3.59. The highest BCUT2D eigenvalue weighted by Crippen LogP contribution is 2.27. The van der Waals surface area contributed by atoms with Gasteiger partial charge in [0.15, 0.2) is 0 Å². The van der Waals surface area contributed by atoms with Gasteiger partial charge < -0.3 is 10.6 Å². The van der Waals surface area contributed by atoms with Crippen molar-refractivity contribution in [2.45, 2.75) is 19.3 Å². The molecule has 0 aromatic carbocycles. The number of halogens is 1. The van der Waals surface area contributed by atoms with Crippen LogP contribution in [-0.4, -0.2) is 25.5 Å². The van der Waals surface area contributed by atoms with E-state index in [-0.39, 0.29) is 18.3 Å². The van der Waals surface area contributed by atoms with Crippen molar-refractivity contribution in [3.05, 3.63) is 22.4 Å². The molecule has 1 aromatic heterocycles. The molecule has 0 spiro atoms. The van der Waals surface area contributed by atoms with Crippen LogP contribution in [0.5, 0.6) is 0 Å². The fourth-order valence-electron chi connectivity index (χ4n) is 1.55. The molecule has 1 aliphatic carbocycles. The molecule has 0 radical (unpaired) electrons. The number of carbonyl (C=O) groups is 1. The number of nitrogens with one attached hydrogen (secondary N) is 2. The van der Waals surface area contributed by atoms with Gasteiger partial charge in [0.2, 0.25) is 5.91 Å². The minimum atomic E-state index is 0. The van der Waals surface area contributed by atoms with Crippen molar-refractivity contribution in [2.75, 3.05) is 19.6 Å². The third-order valence-corrected chi connectivity index (χ3v) is 3.63. The lowest BCUT2D eigenvalue weighted by Gasteiger charge is -2.05. The Labute approximate surface area is 112 Å². The predicted molar refractivity (Wildman–Crippen MR) is 73.9 cm³/mol. The van der Waals surface area contributed by atoms with Gasteiger partial charge in [-0.1, -0.05) is 6.07 Å². The highest BCUT2D eigenvalue weighted by Gasteiger charge is 2.20. The maximum atomic E-state index is 11.4. The van der Waals surface area contributed by atoms with Crippen LogP contribution in [0.3, 0.4) is 0 Å². The van der Waals surface area contributed by atoms with Crippen LogP contribution in [-0.2, 0) is 11.2 Å². The van der Waals surface area contributed by atoms with Crippen molar-refractivity contribution >= 4 is 29.7 Å². The first-order chi connectivity index (χ1) is 7.84. The summed E-state index contributed by atoms with van der Waals surface area (Å²) in [5, 5.41) is 8.17. The first-order valence-electron chi connectivity index (χ1n) is 5.84. The Hall–Kier alpha value is -0.580. The van der Waals surface area contributed by atoms with Crippen LogP contribution in [0.25, 0.3) is 0 Å². The van der Waals surface area contributed by atoms with Gasteiger partial charge >= 0.3 is 0 Å². The third kappa shape index (κ3) is 6.05. The normalized spacial score (nSPS) is 14.1. The highest BCUT2D eigenvalue weighted by molar-refractivity contribution is 7.09. The second-order valence-electron chi connectivity index (χ2n) is 4.25. The zero-order chi connectivity index (χ0) is 11.2. The van der Waals surface area contributed by atoms with Crippen LogP contribution in [0.4, 0.5) is 0 Å². The van der Waals surface area contributed by atoms with Crippen LogP contribution in [0, 0.1) is 5.92 Å². The van der Waals surface area contributed by atoms with Crippen molar-refractivity contribution in [2.24, 2.45) is 5.92 Å². The fraction of sp³-hybridized carbons (Fsp3) is 0.583. The van der Waals surface area contributed by atoms with E-state index in [1.165, 1.54) is 17.7 Å². The molecule has 1 aliphatic rings. The Balaban J connectivity index is 0.00000144. The van der Waals surface area contributed by atoms with Crippen molar-refractivity contribution in [1.29, 1.82) is 0 Å². The first-order valence-corrected chi connectivity index (χ1v) is 6.72. The van der Waals surface area contributed by atoms with Gasteiger partial charge in [-0.25, -0.2) is 0 Å². The van der Waals surface area contributed by atoms with Gasteiger partial charge in [-0.05, 0) is 43.2 Å². The molecule has 3 nitrogen and oxygen atoms in total. The molecule has 2 rings (SSSR count). The first kappa shape index (κ1) is 14.5. The summed E-state index contributed by atoms with van der Waals surface area (Å²) in [6.45, 7) is 2.20. The van der Waals surface area contributed by atoms with Gasteiger partial charge in [0.1, 0.15) is 0 Å². The van der Waals surface area contributed by atoms with Crippen molar-refractivity contribution < 1.29 is 4.79 Å². The maximum Gasteiger partial charge on any atom is 0.233 e. The minimum Gasteiger partial charge on any atom is -0.355 e.